The van der Waals surface area contributed by atoms with Crippen LogP contribution in [0.1, 0.15) is 21.5 Å². The van der Waals surface area contributed by atoms with Gasteiger partial charge < -0.3 is 16.0 Å². The lowest BCUT2D eigenvalue weighted by Crippen LogP contribution is -2.23. The number of nitrogens with one attached hydrogen (secondary N) is 2. The Bertz CT molecular complexity index is 1560. The smallest absolute Gasteiger partial charge is 0.252 e. The molecule has 4 N–H and O–H groups in total. The van der Waals surface area contributed by atoms with Gasteiger partial charge in [-0.15, -0.1) is 0 Å². The zero-order valence-corrected chi connectivity index (χ0v) is 20.9. The van der Waals surface area contributed by atoms with Crippen LogP contribution >= 0.6 is 39.1 Å². The summed E-state index contributed by atoms with van der Waals surface area (Å²) in [6, 6.07) is 18.9. The zero-order valence-electron chi connectivity index (χ0n) is 17.8. The van der Waals surface area contributed by atoms with E-state index in [1.54, 1.807) is 18.2 Å². The number of rotatable bonds is 5. The van der Waals surface area contributed by atoms with Crippen molar-refractivity contribution in [2.45, 2.75) is 13.1 Å². The molecule has 5 rings (SSSR count). The summed E-state index contributed by atoms with van der Waals surface area (Å²) < 4.78 is 0.949. The van der Waals surface area contributed by atoms with Crippen molar-refractivity contribution < 1.29 is 4.79 Å². The van der Waals surface area contributed by atoms with E-state index in [-0.39, 0.29) is 5.91 Å². The Hall–Kier alpha value is -2.90. The Balaban J connectivity index is 1.61. The lowest BCUT2D eigenvalue weighted by molar-refractivity contribution is 0.0952. The van der Waals surface area contributed by atoms with Gasteiger partial charge in [0.05, 0.1) is 21.8 Å². The average molecular weight is 554 g/mol. The first-order chi connectivity index (χ1) is 16.4. The van der Waals surface area contributed by atoms with Crippen LogP contribution in [0.2, 0.25) is 10.0 Å². The molecular weight excluding hydrogens is 535 g/mol. The fourth-order valence-corrected chi connectivity index (χ4v) is 5.00. The van der Waals surface area contributed by atoms with Crippen molar-refractivity contribution >= 4 is 66.8 Å². The predicted octanol–water partition coefficient (Wildman–Crippen LogP) is 6.84. The summed E-state index contributed by atoms with van der Waals surface area (Å²) in [6.07, 6.45) is 1.89. The van der Waals surface area contributed by atoms with Gasteiger partial charge in [-0.05, 0) is 47.5 Å². The van der Waals surface area contributed by atoms with E-state index in [2.05, 4.69) is 26.2 Å². The topological polar surface area (TPSA) is 83.8 Å². The third-order valence-corrected chi connectivity index (χ3v) is 6.68. The van der Waals surface area contributed by atoms with Crippen LogP contribution in [0.25, 0.3) is 33.1 Å². The number of halogens is 3. The minimum absolute atomic E-state index is 0.253. The molecule has 3 aromatic carbocycles. The molecular formula is C26H19BrCl2N4O. The van der Waals surface area contributed by atoms with Gasteiger partial charge in [-0.25, -0.2) is 4.98 Å². The molecule has 0 radical (unpaired) electrons. The maximum absolute atomic E-state index is 13.4. The third-order valence-electron chi connectivity index (χ3n) is 5.67. The first-order valence-corrected chi connectivity index (χ1v) is 12.1. The minimum Gasteiger partial charge on any atom is -0.360 e. The fourth-order valence-electron chi connectivity index (χ4n) is 4.05. The van der Waals surface area contributed by atoms with Gasteiger partial charge in [-0.2, -0.15) is 0 Å². The molecule has 0 saturated heterocycles. The van der Waals surface area contributed by atoms with E-state index in [9.17, 15) is 4.79 Å². The van der Waals surface area contributed by atoms with Crippen molar-refractivity contribution in [1.82, 2.24) is 15.3 Å². The number of nitrogens with zero attached hydrogens (tertiary/aromatic N) is 1. The molecule has 0 unspecified atom stereocenters. The number of fused-ring (bicyclic) bond motifs is 2. The van der Waals surface area contributed by atoms with Gasteiger partial charge in [0.15, 0.2) is 0 Å². The monoisotopic (exact) mass is 552 g/mol. The van der Waals surface area contributed by atoms with E-state index in [1.807, 2.05) is 48.7 Å². The number of carbonyl (C=O) groups excluding carboxylic acids is 1. The Morgan fingerprint density at radius 3 is 2.71 bits per heavy atom. The van der Waals surface area contributed by atoms with Crippen molar-refractivity contribution in [2.75, 3.05) is 0 Å². The van der Waals surface area contributed by atoms with Crippen molar-refractivity contribution in [3.8, 4) is 11.3 Å². The van der Waals surface area contributed by atoms with E-state index in [1.165, 1.54) is 0 Å². The van der Waals surface area contributed by atoms with E-state index in [0.29, 0.717) is 45.3 Å². The zero-order chi connectivity index (χ0) is 23.8. The van der Waals surface area contributed by atoms with Crippen LogP contribution in [0, 0.1) is 0 Å². The number of benzene rings is 3. The molecule has 34 heavy (non-hydrogen) atoms. The Labute approximate surface area is 214 Å². The van der Waals surface area contributed by atoms with Gasteiger partial charge >= 0.3 is 0 Å². The number of nitrogens with two attached hydrogens (primary N) is 1. The molecule has 2 aromatic heterocycles. The van der Waals surface area contributed by atoms with Crippen LogP contribution in [0.5, 0.6) is 0 Å². The maximum atomic E-state index is 13.4. The summed E-state index contributed by atoms with van der Waals surface area (Å²) in [4.78, 5) is 21.5. The molecule has 0 spiro atoms. The van der Waals surface area contributed by atoms with Crippen molar-refractivity contribution in [2.24, 2.45) is 5.73 Å². The standard InChI is InChI=1S/C26H19BrCl2N4O/c27-16-4-5-22-18(7-16)20(13-31-22)23-10-19(25-21(29)8-17(28)9-24(25)33-23)26(34)32-12-15-3-1-2-14(6-15)11-30/h1-10,13,31H,11-12,30H2,(H,32,34). The van der Waals surface area contributed by atoms with Crippen molar-refractivity contribution in [3.63, 3.8) is 0 Å². The normalized spacial score (nSPS) is 11.3. The number of aromatic amines is 1. The maximum Gasteiger partial charge on any atom is 0.252 e. The van der Waals surface area contributed by atoms with Gasteiger partial charge in [0.1, 0.15) is 0 Å². The fraction of sp³-hybridized carbons (Fsp3) is 0.0769. The van der Waals surface area contributed by atoms with Gasteiger partial charge in [-0.3, -0.25) is 4.79 Å². The minimum atomic E-state index is -0.253. The average Bonchev–Trinajstić information content (AvgIpc) is 3.24. The van der Waals surface area contributed by atoms with Crippen molar-refractivity contribution in [3.05, 3.63) is 98.1 Å². The molecule has 2 heterocycles. The van der Waals surface area contributed by atoms with Crippen LogP contribution in [0.15, 0.2) is 71.3 Å². The predicted molar refractivity (Wildman–Crippen MR) is 142 cm³/mol. The number of amides is 1. The molecule has 5 aromatic rings. The second kappa shape index (κ2) is 9.39. The summed E-state index contributed by atoms with van der Waals surface area (Å²) in [5.74, 6) is -0.253. The molecule has 8 heteroatoms. The van der Waals surface area contributed by atoms with Crippen LogP contribution in [-0.2, 0) is 13.1 Å². The first-order valence-electron chi connectivity index (χ1n) is 10.6. The second-order valence-electron chi connectivity index (χ2n) is 7.94. The van der Waals surface area contributed by atoms with E-state index >= 15 is 0 Å². The quantitative estimate of drug-likeness (QED) is 0.223. The van der Waals surface area contributed by atoms with Crippen LogP contribution in [-0.4, -0.2) is 15.9 Å². The largest absolute Gasteiger partial charge is 0.360 e. The molecule has 5 nitrogen and oxygen atoms in total. The molecule has 0 aliphatic rings. The SMILES string of the molecule is NCc1cccc(CNC(=O)c2cc(-c3c[nH]c4ccc(Br)cc34)nc3cc(Cl)cc(Cl)c23)c1. The lowest BCUT2D eigenvalue weighted by atomic mass is 10.0. The highest BCUT2D eigenvalue weighted by atomic mass is 79.9. The summed E-state index contributed by atoms with van der Waals surface area (Å²) in [6.45, 7) is 0.800. The molecule has 0 atom stereocenters. The van der Waals surface area contributed by atoms with Gasteiger partial charge in [0, 0.05) is 50.6 Å². The van der Waals surface area contributed by atoms with Gasteiger partial charge in [-0.1, -0.05) is 63.4 Å². The first kappa shape index (κ1) is 22.9. The van der Waals surface area contributed by atoms with Gasteiger partial charge in [0.25, 0.3) is 5.91 Å². The molecule has 0 aliphatic carbocycles. The summed E-state index contributed by atoms with van der Waals surface area (Å²) in [5.41, 5.74) is 11.2. The highest BCUT2D eigenvalue weighted by molar-refractivity contribution is 9.10. The molecule has 0 fully saturated rings. The Morgan fingerprint density at radius 1 is 1.06 bits per heavy atom. The number of hydrogen-bond donors (Lipinski definition) is 3. The van der Waals surface area contributed by atoms with E-state index < -0.39 is 0 Å². The highest BCUT2D eigenvalue weighted by Crippen LogP contribution is 2.35. The van der Waals surface area contributed by atoms with Crippen LogP contribution in [0.3, 0.4) is 0 Å². The third kappa shape index (κ3) is 4.42. The lowest BCUT2D eigenvalue weighted by Gasteiger charge is -2.12. The van der Waals surface area contributed by atoms with E-state index in [4.69, 9.17) is 33.9 Å². The highest BCUT2D eigenvalue weighted by Gasteiger charge is 2.19. The van der Waals surface area contributed by atoms with Gasteiger partial charge in [0.2, 0.25) is 0 Å². The molecule has 0 aliphatic heterocycles. The number of H-pyrrole nitrogens is 1. The summed E-state index contributed by atoms with van der Waals surface area (Å²) >= 11 is 16.3. The second-order valence-corrected chi connectivity index (χ2v) is 9.70. The summed E-state index contributed by atoms with van der Waals surface area (Å²) in [7, 11) is 0. The van der Waals surface area contributed by atoms with Crippen LogP contribution < -0.4 is 11.1 Å². The molecule has 0 saturated carbocycles. The molecule has 0 bridgehead atoms. The summed E-state index contributed by atoms with van der Waals surface area (Å²) in [5, 5.41) is 5.38. The van der Waals surface area contributed by atoms with Crippen molar-refractivity contribution in [1.29, 1.82) is 0 Å². The number of aromatic nitrogens is 2. The Kier molecular flexibility index (Phi) is 6.32. The number of carbonyl (C=O) groups is 1. The molecule has 1 amide bonds. The van der Waals surface area contributed by atoms with Crippen LogP contribution in [0.4, 0.5) is 0 Å². The Morgan fingerprint density at radius 2 is 1.88 bits per heavy atom. The van der Waals surface area contributed by atoms with E-state index in [0.717, 1.165) is 32.1 Å². The number of hydrogen-bond acceptors (Lipinski definition) is 3. The molecule has 170 valence electrons. The number of pyridine rings is 1.